The van der Waals surface area contributed by atoms with Crippen LogP contribution in [0.15, 0.2) is 72.8 Å². The number of anilines is 1. The first-order valence-electron chi connectivity index (χ1n) is 10.3. The molecule has 4 rings (SSSR count). The predicted molar refractivity (Wildman–Crippen MR) is 124 cm³/mol. The molecule has 3 aromatic rings. The van der Waals surface area contributed by atoms with Crippen LogP contribution in [0.5, 0.6) is 23.0 Å². The number of rotatable bonds is 7. The molecule has 164 valence electrons. The van der Waals surface area contributed by atoms with Crippen molar-refractivity contribution in [2.75, 3.05) is 38.9 Å². The zero-order valence-electron chi connectivity index (χ0n) is 18.1. The van der Waals surface area contributed by atoms with Crippen molar-refractivity contribution in [3.05, 3.63) is 83.9 Å². The predicted octanol–water partition coefficient (Wildman–Crippen LogP) is 4.84. The Balaban J connectivity index is 1.68. The normalized spacial score (nSPS) is 12.4. The van der Waals surface area contributed by atoms with Crippen LogP contribution < -0.4 is 23.8 Å². The average molecular weight is 431 g/mol. The fourth-order valence-electron chi connectivity index (χ4n) is 3.45. The van der Waals surface area contributed by atoms with Gasteiger partial charge in [0.1, 0.15) is 24.7 Å². The van der Waals surface area contributed by atoms with E-state index >= 15 is 0 Å². The molecule has 1 aliphatic rings. The number of nitrogens with zero attached hydrogens (tertiary/aromatic N) is 1. The van der Waals surface area contributed by atoms with Gasteiger partial charge in [-0.1, -0.05) is 42.5 Å². The van der Waals surface area contributed by atoms with E-state index in [4.69, 9.17) is 18.9 Å². The van der Waals surface area contributed by atoms with Crippen molar-refractivity contribution in [1.82, 2.24) is 0 Å². The summed E-state index contributed by atoms with van der Waals surface area (Å²) in [6.07, 6.45) is 3.95. The van der Waals surface area contributed by atoms with Gasteiger partial charge < -0.3 is 23.8 Å². The van der Waals surface area contributed by atoms with E-state index in [0.717, 1.165) is 5.56 Å². The molecule has 0 saturated heterocycles. The Morgan fingerprint density at radius 2 is 1.59 bits per heavy atom. The van der Waals surface area contributed by atoms with E-state index in [1.807, 2.05) is 60.7 Å². The lowest BCUT2D eigenvalue weighted by molar-refractivity contribution is 0.0989. The molecule has 0 fully saturated rings. The van der Waals surface area contributed by atoms with E-state index in [-0.39, 0.29) is 5.91 Å². The number of carbonyl (C=O) groups excluding carboxylic acids is 1. The molecule has 0 aromatic heterocycles. The number of fused-ring (bicyclic) bond motifs is 1. The topological polar surface area (TPSA) is 57.2 Å². The zero-order chi connectivity index (χ0) is 22.3. The van der Waals surface area contributed by atoms with Crippen molar-refractivity contribution < 1.29 is 23.7 Å². The average Bonchev–Trinajstić information content (AvgIpc) is 2.86. The van der Waals surface area contributed by atoms with Gasteiger partial charge >= 0.3 is 0 Å². The van der Waals surface area contributed by atoms with E-state index in [9.17, 15) is 4.79 Å². The number of benzene rings is 3. The molecule has 1 heterocycles. The van der Waals surface area contributed by atoms with Crippen LogP contribution in [0.25, 0.3) is 6.08 Å². The summed E-state index contributed by atoms with van der Waals surface area (Å²) in [6.45, 7) is 1.36. The molecular weight excluding hydrogens is 406 g/mol. The Morgan fingerprint density at radius 3 is 2.28 bits per heavy atom. The molecule has 0 N–H and O–H groups in total. The van der Waals surface area contributed by atoms with Crippen molar-refractivity contribution in [2.45, 2.75) is 0 Å². The second-order valence-electron chi connectivity index (χ2n) is 7.16. The number of hydrogen-bond acceptors (Lipinski definition) is 5. The van der Waals surface area contributed by atoms with E-state index in [0.29, 0.717) is 54.0 Å². The summed E-state index contributed by atoms with van der Waals surface area (Å²) in [5.41, 5.74) is 2.23. The van der Waals surface area contributed by atoms with Gasteiger partial charge in [-0.05, 0) is 29.8 Å². The van der Waals surface area contributed by atoms with Crippen LogP contribution in [-0.4, -0.2) is 39.9 Å². The van der Waals surface area contributed by atoms with Crippen LogP contribution >= 0.6 is 0 Å². The zero-order valence-corrected chi connectivity index (χ0v) is 18.1. The fourth-order valence-corrected chi connectivity index (χ4v) is 3.45. The second-order valence-corrected chi connectivity index (χ2v) is 7.16. The lowest BCUT2D eigenvalue weighted by Gasteiger charge is -2.25. The van der Waals surface area contributed by atoms with Crippen LogP contribution in [0, 0.1) is 0 Å². The minimum Gasteiger partial charge on any atom is -0.497 e. The highest BCUT2D eigenvalue weighted by Gasteiger charge is 2.21. The van der Waals surface area contributed by atoms with Gasteiger partial charge in [-0.3, -0.25) is 4.79 Å². The highest BCUT2D eigenvalue weighted by Crippen LogP contribution is 2.35. The monoisotopic (exact) mass is 431 g/mol. The van der Waals surface area contributed by atoms with Gasteiger partial charge in [0.25, 0.3) is 5.91 Å². The van der Waals surface area contributed by atoms with E-state index in [2.05, 4.69) is 0 Å². The first-order valence-corrected chi connectivity index (χ1v) is 10.3. The van der Waals surface area contributed by atoms with Crippen molar-refractivity contribution in [3.8, 4) is 23.0 Å². The fraction of sp³-hybridized carbons (Fsp3) is 0.192. The molecule has 0 bridgehead atoms. The first kappa shape index (κ1) is 21.3. The lowest BCUT2D eigenvalue weighted by atomic mass is 10.1. The van der Waals surface area contributed by atoms with Crippen LogP contribution in [0.4, 0.5) is 5.69 Å². The lowest BCUT2D eigenvalue weighted by Crippen LogP contribution is -2.31. The number of carbonyl (C=O) groups is 1. The molecule has 0 atom stereocenters. The molecule has 3 aromatic carbocycles. The maximum absolute atomic E-state index is 13.6. The highest BCUT2D eigenvalue weighted by atomic mass is 16.6. The van der Waals surface area contributed by atoms with E-state index in [1.54, 1.807) is 37.3 Å². The molecule has 0 radical (unpaired) electrons. The van der Waals surface area contributed by atoms with Crippen molar-refractivity contribution in [1.29, 1.82) is 0 Å². The third kappa shape index (κ3) is 4.86. The van der Waals surface area contributed by atoms with Crippen molar-refractivity contribution in [2.24, 2.45) is 0 Å². The van der Waals surface area contributed by atoms with Gasteiger partial charge in [-0.2, -0.15) is 0 Å². The van der Waals surface area contributed by atoms with Gasteiger partial charge in [0.2, 0.25) is 0 Å². The van der Waals surface area contributed by atoms with E-state index < -0.39 is 0 Å². The Kier molecular flexibility index (Phi) is 6.60. The molecular formula is C26H25NO5. The maximum Gasteiger partial charge on any atom is 0.258 e. The van der Waals surface area contributed by atoms with Crippen molar-refractivity contribution >= 4 is 17.7 Å². The molecule has 1 aliphatic heterocycles. The Labute approximate surface area is 187 Å². The molecule has 0 aliphatic carbocycles. The summed E-state index contributed by atoms with van der Waals surface area (Å²) in [5, 5.41) is 0. The van der Waals surface area contributed by atoms with Gasteiger partial charge in [-0.15, -0.1) is 0 Å². The highest BCUT2D eigenvalue weighted by molar-refractivity contribution is 6.07. The van der Waals surface area contributed by atoms with Gasteiger partial charge in [0.15, 0.2) is 11.5 Å². The number of hydrogen-bond donors (Lipinski definition) is 0. The Morgan fingerprint density at radius 1 is 0.906 bits per heavy atom. The quantitative estimate of drug-likeness (QED) is 0.536. The summed E-state index contributed by atoms with van der Waals surface area (Å²) in [5.74, 6) is 2.22. The molecule has 6 nitrogen and oxygen atoms in total. The summed E-state index contributed by atoms with van der Waals surface area (Å²) in [4.78, 5) is 15.3. The Hall–Kier alpha value is -3.93. The van der Waals surface area contributed by atoms with Gasteiger partial charge in [0.05, 0.1) is 14.2 Å². The standard InChI is InChI=1S/C26H25NO5/c1-29-22-15-20(16-23(18-22)30-2)26(28)27(12-6-9-19-7-4-3-5-8-19)21-10-11-24-25(17-21)32-14-13-31-24/h3-11,15-18H,12-14H2,1-2H3/b9-6+. The summed E-state index contributed by atoms with van der Waals surface area (Å²) < 4.78 is 22.0. The van der Waals surface area contributed by atoms with Gasteiger partial charge in [0, 0.05) is 29.9 Å². The largest absolute Gasteiger partial charge is 0.497 e. The molecule has 32 heavy (non-hydrogen) atoms. The smallest absolute Gasteiger partial charge is 0.258 e. The van der Waals surface area contributed by atoms with E-state index in [1.165, 1.54) is 0 Å². The Bertz CT molecular complexity index is 1090. The molecule has 6 heteroatoms. The minimum absolute atomic E-state index is 0.184. The number of ether oxygens (including phenoxy) is 4. The van der Waals surface area contributed by atoms with Crippen LogP contribution in [-0.2, 0) is 0 Å². The maximum atomic E-state index is 13.6. The number of methoxy groups -OCH3 is 2. The summed E-state index contributed by atoms with van der Waals surface area (Å²) in [6, 6.07) is 20.6. The van der Waals surface area contributed by atoms with Gasteiger partial charge in [-0.25, -0.2) is 0 Å². The van der Waals surface area contributed by atoms with Crippen LogP contribution in [0.2, 0.25) is 0 Å². The molecule has 0 saturated carbocycles. The number of amides is 1. The molecule has 0 unspecified atom stereocenters. The van der Waals surface area contributed by atoms with Crippen LogP contribution in [0.3, 0.4) is 0 Å². The van der Waals surface area contributed by atoms with Crippen molar-refractivity contribution in [3.63, 3.8) is 0 Å². The third-order valence-electron chi connectivity index (χ3n) is 5.08. The summed E-state index contributed by atoms with van der Waals surface area (Å²) >= 11 is 0. The summed E-state index contributed by atoms with van der Waals surface area (Å²) in [7, 11) is 3.12. The molecule has 0 spiro atoms. The molecule has 1 amide bonds. The second kappa shape index (κ2) is 9.92. The minimum atomic E-state index is -0.184. The SMILES string of the molecule is COc1cc(OC)cc(C(=O)N(C/C=C/c2ccccc2)c2ccc3c(c2)OCCO3)c1. The third-order valence-corrected chi connectivity index (χ3v) is 5.08. The first-order chi connectivity index (χ1) is 15.7. The van der Waals surface area contributed by atoms with Crippen LogP contribution in [0.1, 0.15) is 15.9 Å².